The van der Waals surface area contributed by atoms with Gasteiger partial charge in [-0.1, -0.05) is 12.1 Å². The monoisotopic (exact) mass is 457 g/mol. The van der Waals surface area contributed by atoms with Crippen LogP contribution in [0.4, 0.5) is 14.9 Å². The molecular weight excluding hydrogens is 425 g/mol. The standard InChI is InChI=1S/C25H32FN3O4/c1-25(2,3)33-24(32)27(4)22(17-18-5-11-21(30)12-6-18)23(31)29-15-13-28(14-16-29)20-9-7-19(26)8-10-20/h5-12,22,30H,13-17H2,1-4H3. The van der Waals surface area contributed by atoms with Gasteiger partial charge in [0.05, 0.1) is 0 Å². The average Bonchev–Trinajstić information content (AvgIpc) is 2.77. The van der Waals surface area contributed by atoms with Gasteiger partial charge in [-0.3, -0.25) is 9.69 Å². The summed E-state index contributed by atoms with van der Waals surface area (Å²) in [5, 5.41) is 9.58. The van der Waals surface area contributed by atoms with Crippen LogP contribution in [-0.2, 0) is 16.0 Å². The van der Waals surface area contributed by atoms with Crippen molar-refractivity contribution in [3.05, 3.63) is 59.9 Å². The van der Waals surface area contributed by atoms with Crippen LogP contribution in [0, 0.1) is 5.82 Å². The van der Waals surface area contributed by atoms with E-state index in [2.05, 4.69) is 4.90 Å². The Hall–Kier alpha value is -3.29. The Balaban J connectivity index is 1.73. The number of likely N-dealkylation sites (N-methyl/N-ethyl adjacent to an activating group) is 1. The number of hydrogen-bond acceptors (Lipinski definition) is 5. The number of rotatable bonds is 5. The van der Waals surface area contributed by atoms with E-state index in [-0.39, 0.29) is 17.5 Å². The maximum Gasteiger partial charge on any atom is 0.410 e. The predicted octanol–water partition coefficient (Wildman–Crippen LogP) is 3.66. The molecule has 0 spiro atoms. The molecule has 1 atom stereocenters. The highest BCUT2D eigenvalue weighted by Gasteiger charge is 2.34. The Bertz CT molecular complexity index is 949. The zero-order valence-electron chi connectivity index (χ0n) is 19.6. The van der Waals surface area contributed by atoms with Crippen molar-refractivity contribution in [3.8, 4) is 5.75 Å². The first-order valence-electron chi connectivity index (χ1n) is 11.1. The molecule has 1 aliphatic heterocycles. The number of halogens is 1. The summed E-state index contributed by atoms with van der Waals surface area (Å²) in [6.45, 7) is 7.55. The Labute approximate surface area is 194 Å². The second-order valence-electron chi connectivity index (χ2n) is 9.27. The van der Waals surface area contributed by atoms with E-state index >= 15 is 0 Å². The maximum absolute atomic E-state index is 13.5. The molecule has 0 radical (unpaired) electrons. The molecule has 1 fully saturated rings. The lowest BCUT2D eigenvalue weighted by Gasteiger charge is -2.39. The van der Waals surface area contributed by atoms with Crippen molar-refractivity contribution in [2.75, 3.05) is 38.1 Å². The van der Waals surface area contributed by atoms with E-state index in [1.54, 1.807) is 69.1 Å². The van der Waals surface area contributed by atoms with Crippen LogP contribution >= 0.6 is 0 Å². The highest BCUT2D eigenvalue weighted by Crippen LogP contribution is 2.20. The lowest BCUT2D eigenvalue weighted by Crippen LogP contribution is -2.56. The summed E-state index contributed by atoms with van der Waals surface area (Å²) in [5.41, 5.74) is 1.06. The first kappa shape index (κ1) is 24.4. The van der Waals surface area contributed by atoms with Gasteiger partial charge in [0.25, 0.3) is 0 Å². The first-order chi connectivity index (χ1) is 15.5. The molecule has 0 bridgehead atoms. The minimum absolute atomic E-state index is 0.138. The third-order valence-electron chi connectivity index (χ3n) is 5.58. The van der Waals surface area contributed by atoms with E-state index < -0.39 is 17.7 Å². The summed E-state index contributed by atoms with van der Waals surface area (Å²) in [4.78, 5) is 31.5. The van der Waals surface area contributed by atoms with E-state index in [4.69, 9.17) is 4.74 Å². The number of phenols is 1. The van der Waals surface area contributed by atoms with E-state index in [9.17, 15) is 19.1 Å². The van der Waals surface area contributed by atoms with Gasteiger partial charge in [-0.05, 0) is 62.7 Å². The Kier molecular flexibility index (Phi) is 7.46. The van der Waals surface area contributed by atoms with Crippen LogP contribution < -0.4 is 4.90 Å². The quantitative estimate of drug-likeness (QED) is 0.742. The number of hydrogen-bond donors (Lipinski definition) is 1. The Morgan fingerprint density at radius 2 is 1.61 bits per heavy atom. The Morgan fingerprint density at radius 3 is 2.15 bits per heavy atom. The van der Waals surface area contributed by atoms with Gasteiger partial charge in [0.2, 0.25) is 5.91 Å². The second kappa shape index (κ2) is 10.1. The lowest BCUT2D eigenvalue weighted by molar-refractivity contribution is -0.136. The fraction of sp³-hybridized carbons (Fsp3) is 0.440. The topological polar surface area (TPSA) is 73.3 Å². The van der Waals surface area contributed by atoms with Gasteiger partial charge in [-0.15, -0.1) is 0 Å². The molecule has 0 aromatic heterocycles. The van der Waals surface area contributed by atoms with E-state index in [1.165, 1.54) is 17.0 Å². The molecule has 178 valence electrons. The maximum atomic E-state index is 13.5. The van der Waals surface area contributed by atoms with Gasteiger partial charge < -0.3 is 19.6 Å². The molecule has 33 heavy (non-hydrogen) atoms. The van der Waals surface area contributed by atoms with Crippen molar-refractivity contribution < 1.29 is 23.8 Å². The van der Waals surface area contributed by atoms with Crippen LogP contribution in [0.25, 0.3) is 0 Å². The molecule has 1 aliphatic rings. The molecule has 2 aromatic carbocycles. The van der Waals surface area contributed by atoms with Crippen LogP contribution in [-0.4, -0.2) is 71.8 Å². The molecule has 8 heteroatoms. The number of carbonyl (C=O) groups is 2. The summed E-state index contributed by atoms with van der Waals surface area (Å²) in [7, 11) is 1.58. The van der Waals surface area contributed by atoms with Crippen LogP contribution in [0.1, 0.15) is 26.3 Å². The number of nitrogens with zero attached hydrogens (tertiary/aromatic N) is 3. The zero-order valence-corrected chi connectivity index (χ0v) is 19.6. The minimum atomic E-state index is -0.748. The molecule has 1 saturated heterocycles. The summed E-state index contributed by atoms with van der Waals surface area (Å²) < 4.78 is 18.7. The van der Waals surface area contributed by atoms with Crippen molar-refractivity contribution in [1.29, 1.82) is 0 Å². The molecule has 2 amide bonds. The van der Waals surface area contributed by atoms with Gasteiger partial charge in [0, 0.05) is 45.3 Å². The number of anilines is 1. The molecule has 1 heterocycles. The van der Waals surface area contributed by atoms with Crippen molar-refractivity contribution in [2.45, 2.75) is 38.8 Å². The van der Waals surface area contributed by atoms with Gasteiger partial charge in [0.1, 0.15) is 23.2 Å². The fourth-order valence-electron chi connectivity index (χ4n) is 3.75. The van der Waals surface area contributed by atoms with Crippen LogP contribution in [0.5, 0.6) is 5.75 Å². The van der Waals surface area contributed by atoms with Gasteiger partial charge in [0.15, 0.2) is 0 Å². The molecule has 1 N–H and O–H groups in total. The number of aromatic hydroxyl groups is 1. The number of benzene rings is 2. The zero-order chi connectivity index (χ0) is 24.2. The van der Waals surface area contributed by atoms with Gasteiger partial charge in [-0.2, -0.15) is 0 Å². The van der Waals surface area contributed by atoms with E-state index in [1.807, 2.05) is 0 Å². The summed E-state index contributed by atoms with van der Waals surface area (Å²) >= 11 is 0. The number of phenolic OH excluding ortho intramolecular Hbond substituents is 1. The third-order valence-corrected chi connectivity index (χ3v) is 5.58. The molecule has 7 nitrogen and oxygen atoms in total. The third kappa shape index (κ3) is 6.60. The van der Waals surface area contributed by atoms with Gasteiger partial charge in [-0.25, -0.2) is 9.18 Å². The molecule has 3 rings (SSSR count). The SMILES string of the molecule is CN(C(=O)OC(C)(C)C)C(Cc1ccc(O)cc1)C(=O)N1CCN(c2ccc(F)cc2)CC1. The number of amides is 2. The Morgan fingerprint density at radius 1 is 1.03 bits per heavy atom. The smallest absolute Gasteiger partial charge is 0.410 e. The normalized spacial score (nSPS) is 15.2. The number of carbonyl (C=O) groups excluding carboxylic acids is 2. The molecule has 0 aliphatic carbocycles. The van der Waals surface area contributed by atoms with Crippen molar-refractivity contribution in [1.82, 2.24) is 9.80 Å². The van der Waals surface area contributed by atoms with Crippen molar-refractivity contribution >= 4 is 17.7 Å². The van der Waals surface area contributed by atoms with E-state index in [0.29, 0.717) is 32.6 Å². The second-order valence-corrected chi connectivity index (χ2v) is 9.27. The number of piperazine rings is 1. The number of ether oxygens (including phenoxy) is 1. The molecule has 0 saturated carbocycles. The lowest BCUT2D eigenvalue weighted by atomic mass is 10.0. The highest BCUT2D eigenvalue weighted by atomic mass is 19.1. The summed E-state index contributed by atoms with van der Waals surface area (Å²) in [5.74, 6) is -0.302. The predicted molar refractivity (Wildman–Crippen MR) is 125 cm³/mol. The van der Waals surface area contributed by atoms with Crippen molar-refractivity contribution in [2.24, 2.45) is 0 Å². The fourth-order valence-corrected chi connectivity index (χ4v) is 3.75. The van der Waals surface area contributed by atoms with Crippen LogP contribution in [0.2, 0.25) is 0 Å². The van der Waals surface area contributed by atoms with Gasteiger partial charge >= 0.3 is 6.09 Å². The largest absolute Gasteiger partial charge is 0.508 e. The molecular formula is C25H32FN3O4. The molecule has 1 unspecified atom stereocenters. The average molecular weight is 458 g/mol. The van der Waals surface area contributed by atoms with E-state index in [0.717, 1.165) is 11.3 Å². The minimum Gasteiger partial charge on any atom is -0.508 e. The summed E-state index contributed by atoms with van der Waals surface area (Å²) in [6, 6.07) is 12.2. The summed E-state index contributed by atoms with van der Waals surface area (Å²) in [6.07, 6.45) is -0.267. The molecule has 2 aromatic rings. The first-order valence-corrected chi connectivity index (χ1v) is 11.1. The van der Waals surface area contributed by atoms with Crippen molar-refractivity contribution in [3.63, 3.8) is 0 Å². The van der Waals surface area contributed by atoms with Crippen LogP contribution in [0.3, 0.4) is 0 Å². The highest BCUT2D eigenvalue weighted by molar-refractivity contribution is 5.86. The van der Waals surface area contributed by atoms with Crippen LogP contribution in [0.15, 0.2) is 48.5 Å².